The average Bonchev–Trinajstić information content (AvgIpc) is 2.97. The van der Waals surface area contributed by atoms with E-state index in [1.54, 1.807) is 6.07 Å². The van der Waals surface area contributed by atoms with Crippen molar-refractivity contribution < 1.29 is 14.0 Å². The van der Waals surface area contributed by atoms with E-state index < -0.39 is 27.2 Å². The number of halogens is 4. The van der Waals surface area contributed by atoms with Crippen molar-refractivity contribution in [1.29, 1.82) is 0 Å². The molecule has 6 nitrogen and oxygen atoms in total. The summed E-state index contributed by atoms with van der Waals surface area (Å²) >= 11 is 13.2. The molecule has 0 aliphatic carbocycles. The van der Waals surface area contributed by atoms with Crippen LogP contribution in [0.25, 0.3) is 0 Å². The number of hydrogen-bond donors (Lipinski definition) is 1. The number of anilines is 2. The smallest absolute Gasteiger partial charge is 0.337 e. The van der Waals surface area contributed by atoms with Crippen LogP contribution in [0, 0.1) is 5.82 Å². The number of benzene rings is 2. The van der Waals surface area contributed by atoms with Gasteiger partial charge in [0.1, 0.15) is 15.2 Å². The van der Waals surface area contributed by atoms with Crippen LogP contribution in [0.5, 0.6) is 0 Å². The molecule has 1 heterocycles. The Morgan fingerprint density at radius 3 is 2.56 bits per heavy atom. The van der Waals surface area contributed by atoms with Crippen LogP contribution in [0.4, 0.5) is 20.6 Å². The van der Waals surface area contributed by atoms with Gasteiger partial charge in [0.15, 0.2) is 0 Å². The number of nitrogens with one attached hydrogen (secondary N) is 1. The number of carbonyl (C=O) groups excluding carboxylic acids is 2. The number of aliphatic imine (C=N–C) groups is 1. The topological polar surface area (TPSA) is 65.0 Å². The molecule has 0 bridgehead atoms. The number of likely N-dealkylation sites (N-methyl/N-ethyl adjacent to an activating group) is 1. The third-order valence-electron chi connectivity index (χ3n) is 4.88. The first kappa shape index (κ1) is 24.7. The summed E-state index contributed by atoms with van der Waals surface area (Å²) in [7, 11) is 1.42. The zero-order valence-corrected chi connectivity index (χ0v) is 21.4. The molecule has 3 amide bonds. The molecule has 1 atom stereocenters. The van der Waals surface area contributed by atoms with E-state index in [9.17, 15) is 14.0 Å². The highest BCUT2D eigenvalue weighted by atomic mass is 79.9. The van der Waals surface area contributed by atoms with E-state index in [1.807, 2.05) is 24.3 Å². The third kappa shape index (κ3) is 5.15. The molecule has 0 aromatic heterocycles. The van der Waals surface area contributed by atoms with E-state index in [-0.39, 0.29) is 17.4 Å². The van der Waals surface area contributed by atoms with Crippen molar-refractivity contribution in [2.24, 2.45) is 4.99 Å². The van der Waals surface area contributed by atoms with E-state index in [0.717, 1.165) is 33.9 Å². The fourth-order valence-electron chi connectivity index (χ4n) is 3.25. The number of para-hydroxylation sites is 1. The predicted octanol–water partition coefficient (Wildman–Crippen LogP) is 5.74. The Hall–Kier alpha value is -1.97. The number of carbonyl (C=O) groups is 2. The van der Waals surface area contributed by atoms with Gasteiger partial charge < -0.3 is 5.32 Å². The lowest BCUT2D eigenvalue weighted by Crippen LogP contribution is -2.40. The fraction of sp³-hybridized carbons (Fsp3) is 0.318. The summed E-state index contributed by atoms with van der Waals surface area (Å²) in [5, 5.41) is 3.27. The van der Waals surface area contributed by atoms with Crippen molar-refractivity contribution in [3.63, 3.8) is 0 Å². The zero-order chi connectivity index (χ0) is 23.5. The monoisotopic (exact) mass is 586 g/mol. The lowest BCUT2D eigenvalue weighted by molar-refractivity contribution is -0.111. The van der Waals surface area contributed by atoms with Crippen molar-refractivity contribution in [2.75, 3.05) is 23.1 Å². The average molecular weight is 589 g/mol. The van der Waals surface area contributed by atoms with Gasteiger partial charge in [0.05, 0.1) is 11.6 Å². The molecule has 1 aliphatic rings. The van der Waals surface area contributed by atoms with Gasteiger partial charge in [0.25, 0.3) is 0 Å². The van der Waals surface area contributed by atoms with Gasteiger partial charge in [-0.05, 0) is 36.2 Å². The zero-order valence-electron chi connectivity index (χ0n) is 17.5. The minimum absolute atomic E-state index is 0.0962. The van der Waals surface area contributed by atoms with Crippen molar-refractivity contribution in [3.8, 4) is 0 Å². The molecule has 32 heavy (non-hydrogen) atoms. The number of rotatable bonds is 8. The molecule has 3 rings (SSSR count). The predicted molar refractivity (Wildman–Crippen MR) is 134 cm³/mol. The Morgan fingerprint density at radius 2 is 1.91 bits per heavy atom. The van der Waals surface area contributed by atoms with Crippen LogP contribution in [0.3, 0.4) is 0 Å². The highest BCUT2D eigenvalue weighted by Gasteiger charge is 2.44. The number of urea groups is 1. The van der Waals surface area contributed by atoms with Gasteiger partial charge in [0, 0.05) is 12.7 Å². The van der Waals surface area contributed by atoms with Gasteiger partial charge >= 0.3 is 11.9 Å². The minimum atomic E-state index is -0.926. The number of hydrogen-bond acceptors (Lipinski definition) is 4. The molecule has 1 fully saturated rings. The maximum atomic E-state index is 14.3. The first-order chi connectivity index (χ1) is 15.2. The lowest BCUT2D eigenvalue weighted by Gasteiger charge is -2.28. The molecule has 1 unspecified atom stereocenters. The Balaban J connectivity index is 1.98. The van der Waals surface area contributed by atoms with Crippen molar-refractivity contribution in [2.45, 2.75) is 29.2 Å². The maximum absolute atomic E-state index is 14.3. The van der Waals surface area contributed by atoms with Crippen molar-refractivity contribution in [1.82, 2.24) is 4.90 Å². The Labute approximate surface area is 208 Å². The Morgan fingerprint density at radius 1 is 1.19 bits per heavy atom. The second-order valence-corrected chi connectivity index (χ2v) is 11.4. The summed E-state index contributed by atoms with van der Waals surface area (Å²) in [5.41, 5.74) is 1.81. The number of alkyl halides is 3. The summed E-state index contributed by atoms with van der Waals surface area (Å²) in [6.07, 6.45) is 1.16. The number of aryl methyl sites for hydroxylation is 1. The number of amides is 3. The van der Waals surface area contributed by atoms with Crippen LogP contribution in [0.15, 0.2) is 53.5 Å². The Kier molecular flexibility index (Phi) is 7.95. The summed E-state index contributed by atoms with van der Waals surface area (Å²) in [6, 6.07) is 12.7. The quantitative estimate of drug-likeness (QED) is 0.316. The molecular formula is C22H22Br2ClFN4O2. The molecule has 2 aromatic rings. The van der Waals surface area contributed by atoms with Crippen LogP contribution in [-0.2, 0) is 11.2 Å². The second-order valence-electron chi connectivity index (χ2n) is 7.28. The van der Waals surface area contributed by atoms with Crippen molar-refractivity contribution in [3.05, 3.63) is 59.9 Å². The first-order valence-electron chi connectivity index (χ1n) is 9.93. The van der Waals surface area contributed by atoms with Gasteiger partial charge in [-0.2, -0.15) is 0 Å². The van der Waals surface area contributed by atoms with Gasteiger partial charge in [-0.25, -0.2) is 19.1 Å². The SMILES string of the molecule is CCCc1cccc(NC(N=C2C(=O)N(c3ccccc3F)C(=O)N2C)C(Br)(Br)CCl)c1. The van der Waals surface area contributed by atoms with Gasteiger partial charge in [-0.1, -0.05) is 69.5 Å². The Bertz CT molecular complexity index is 1050. The molecular weight excluding hydrogens is 567 g/mol. The normalized spacial score (nSPS) is 16.8. The second kappa shape index (κ2) is 10.3. The summed E-state index contributed by atoms with van der Waals surface area (Å²) in [4.78, 5) is 32.3. The largest absolute Gasteiger partial charge is 0.362 e. The lowest BCUT2D eigenvalue weighted by atomic mass is 10.1. The molecule has 0 saturated carbocycles. The van der Waals surface area contributed by atoms with Crippen LogP contribution < -0.4 is 10.2 Å². The molecule has 10 heteroatoms. The summed E-state index contributed by atoms with van der Waals surface area (Å²) in [5.74, 6) is -1.44. The van der Waals surface area contributed by atoms with Gasteiger partial charge in [0.2, 0.25) is 5.84 Å². The minimum Gasteiger partial charge on any atom is -0.362 e. The molecule has 2 aromatic carbocycles. The summed E-state index contributed by atoms with van der Waals surface area (Å²) < 4.78 is 13.4. The van der Waals surface area contributed by atoms with Crippen LogP contribution in [0.1, 0.15) is 18.9 Å². The highest BCUT2D eigenvalue weighted by Crippen LogP contribution is 2.35. The molecule has 0 spiro atoms. The molecule has 170 valence electrons. The van der Waals surface area contributed by atoms with Crippen LogP contribution >= 0.6 is 43.5 Å². The molecule has 1 saturated heterocycles. The van der Waals surface area contributed by atoms with E-state index >= 15 is 0 Å². The van der Waals surface area contributed by atoms with E-state index in [2.05, 4.69) is 49.1 Å². The van der Waals surface area contributed by atoms with Crippen LogP contribution in [0.2, 0.25) is 0 Å². The maximum Gasteiger partial charge on any atom is 0.337 e. The van der Waals surface area contributed by atoms with E-state index in [0.29, 0.717) is 0 Å². The molecule has 1 aliphatic heterocycles. The number of nitrogens with zero attached hydrogens (tertiary/aromatic N) is 3. The van der Waals surface area contributed by atoms with Crippen LogP contribution in [-0.4, -0.2) is 45.0 Å². The van der Waals surface area contributed by atoms with E-state index in [1.165, 1.54) is 25.2 Å². The van der Waals surface area contributed by atoms with Gasteiger partial charge in [-0.3, -0.25) is 9.69 Å². The van der Waals surface area contributed by atoms with Gasteiger partial charge in [-0.15, -0.1) is 11.6 Å². The third-order valence-corrected chi connectivity index (χ3v) is 7.38. The fourth-order valence-corrected chi connectivity index (χ4v) is 3.83. The molecule has 0 radical (unpaired) electrons. The van der Waals surface area contributed by atoms with E-state index in [4.69, 9.17) is 11.6 Å². The first-order valence-corrected chi connectivity index (χ1v) is 12.1. The van der Waals surface area contributed by atoms with Crippen molar-refractivity contribution >= 4 is 72.6 Å². The standard InChI is InChI=1S/C22H22Br2ClFN4O2/c1-3-7-14-8-6-9-15(12-14)27-20(22(23,24)13-25)28-18-19(31)30(21(32)29(18)2)17-11-5-4-10-16(17)26/h4-6,8-12,20,27H,3,7,13H2,1-2H3. The summed E-state index contributed by atoms with van der Waals surface area (Å²) in [6.45, 7) is 2.10. The number of imide groups is 1. The molecule has 1 N–H and O–H groups in total. The highest BCUT2D eigenvalue weighted by molar-refractivity contribution is 9.25. The number of amidine groups is 1.